The first-order valence-corrected chi connectivity index (χ1v) is 10.4. The van der Waals surface area contributed by atoms with Gasteiger partial charge < -0.3 is 10.1 Å². The van der Waals surface area contributed by atoms with E-state index in [0.29, 0.717) is 25.1 Å². The Morgan fingerprint density at radius 1 is 1.13 bits per heavy atom. The van der Waals surface area contributed by atoms with Gasteiger partial charge in [-0.05, 0) is 58.2 Å². The van der Waals surface area contributed by atoms with Crippen molar-refractivity contribution in [3.8, 4) is 0 Å². The first-order chi connectivity index (χ1) is 14.6. The van der Waals surface area contributed by atoms with Crippen molar-refractivity contribution >= 4 is 35.3 Å². The van der Waals surface area contributed by atoms with Crippen molar-refractivity contribution in [2.45, 2.75) is 64.5 Å². The highest BCUT2D eigenvalue weighted by Gasteiger charge is 2.44. The molecule has 0 radical (unpaired) electrons. The van der Waals surface area contributed by atoms with Crippen LogP contribution in [0.5, 0.6) is 0 Å². The Morgan fingerprint density at radius 2 is 1.84 bits per heavy atom. The molecule has 31 heavy (non-hydrogen) atoms. The second-order valence-corrected chi connectivity index (χ2v) is 8.68. The molecule has 3 rings (SSSR count). The van der Waals surface area contributed by atoms with Gasteiger partial charge in [0.25, 0.3) is 11.8 Å². The molecule has 0 spiro atoms. The predicted molar refractivity (Wildman–Crippen MR) is 111 cm³/mol. The second kappa shape index (κ2) is 8.87. The zero-order valence-corrected chi connectivity index (χ0v) is 17.9. The van der Waals surface area contributed by atoms with Gasteiger partial charge in [0.05, 0.1) is 11.1 Å². The molecule has 9 heteroatoms. The number of benzene rings is 1. The lowest BCUT2D eigenvalue weighted by Crippen LogP contribution is -2.54. The lowest BCUT2D eigenvalue weighted by Gasteiger charge is -2.27. The van der Waals surface area contributed by atoms with E-state index in [2.05, 4.69) is 10.6 Å². The van der Waals surface area contributed by atoms with Crippen LogP contribution in [0.15, 0.2) is 18.2 Å². The van der Waals surface area contributed by atoms with Crippen molar-refractivity contribution in [1.82, 2.24) is 10.2 Å². The quantitative estimate of drug-likeness (QED) is 0.386. The molecular formula is C22H27N3O6. The normalized spacial score (nSPS) is 18.7. The van der Waals surface area contributed by atoms with E-state index in [1.54, 1.807) is 18.2 Å². The van der Waals surface area contributed by atoms with Gasteiger partial charge in [0, 0.05) is 25.1 Å². The van der Waals surface area contributed by atoms with Crippen LogP contribution in [-0.2, 0) is 19.1 Å². The molecule has 1 saturated heterocycles. The fourth-order valence-electron chi connectivity index (χ4n) is 3.60. The number of nitrogens with zero attached hydrogens (tertiary/aromatic N) is 1. The number of hydrogen-bond acceptors (Lipinski definition) is 7. The molecule has 1 atom stereocenters. The van der Waals surface area contributed by atoms with Crippen molar-refractivity contribution in [3.05, 3.63) is 29.3 Å². The van der Waals surface area contributed by atoms with Crippen LogP contribution in [0.1, 0.15) is 73.6 Å². The maximum atomic E-state index is 12.8. The van der Waals surface area contributed by atoms with Crippen molar-refractivity contribution in [2.75, 3.05) is 11.9 Å². The molecule has 2 aliphatic heterocycles. The molecule has 4 amide bonds. The number of rotatable bonds is 7. The third-order valence-electron chi connectivity index (χ3n) is 5.00. The molecule has 0 saturated carbocycles. The molecule has 0 aromatic heterocycles. The van der Waals surface area contributed by atoms with Crippen LogP contribution in [0.3, 0.4) is 0 Å². The van der Waals surface area contributed by atoms with Crippen LogP contribution < -0.4 is 10.6 Å². The zero-order valence-electron chi connectivity index (χ0n) is 17.9. The van der Waals surface area contributed by atoms with E-state index >= 15 is 0 Å². The van der Waals surface area contributed by atoms with Crippen LogP contribution in [0.25, 0.3) is 0 Å². The fraction of sp³-hybridized carbons (Fsp3) is 0.500. The lowest BCUT2D eigenvalue weighted by atomic mass is 10.0. The number of unbranched alkanes of at least 4 members (excludes halogenated alkanes) is 1. The number of anilines is 1. The number of carbonyl (C=O) groups is 5. The summed E-state index contributed by atoms with van der Waals surface area (Å²) in [6.07, 6.45) is 1.93. The first kappa shape index (κ1) is 22.5. The summed E-state index contributed by atoms with van der Waals surface area (Å²) in [6, 6.07) is 3.88. The Kier molecular flexibility index (Phi) is 6.42. The number of carbonyl (C=O) groups excluding carboxylic acids is 5. The van der Waals surface area contributed by atoms with Gasteiger partial charge in [0.2, 0.25) is 11.8 Å². The van der Waals surface area contributed by atoms with E-state index in [9.17, 15) is 24.0 Å². The zero-order chi connectivity index (χ0) is 22.8. The van der Waals surface area contributed by atoms with Crippen molar-refractivity contribution < 1.29 is 28.7 Å². The summed E-state index contributed by atoms with van der Waals surface area (Å²) in [6.45, 7) is 6.07. The highest BCUT2D eigenvalue weighted by Crippen LogP contribution is 2.29. The van der Waals surface area contributed by atoms with Crippen LogP contribution >= 0.6 is 0 Å². The van der Waals surface area contributed by atoms with Crippen molar-refractivity contribution in [1.29, 1.82) is 0 Å². The molecule has 1 aromatic carbocycles. The minimum Gasteiger partial charge on any atom is -0.460 e. The van der Waals surface area contributed by atoms with Gasteiger partial charge >= 0.3 is 5.97 Å². The van der Waals surface area contributed by atoms with Gasteiger partial charge in [-0.2, -0.15) is 0 Å². The summed E-state index contributed by atoms with van der Waals surface area (Å²) in [4.78, 5) is 61.6. The number of hydrogen-bond donors (Lipinski definition) is 2. The van der Waals surface area contributed by atoms with Crippen molar-refractivity contribution in [3.63, 3.8) is 0 Å². The average molecular weight is 429 g/mol. The van der Waals surface area contributed by atoms with Crippen LogP contribution in [0.4, 0.5) is 5.69 Å². The molecule has 9 nitrogen and oxygen atoms in total. The number of ether oxygens (including phenoxy) is 1. The van der Waals surface area contributed by atoms with E-state index < -0.39 is 35.3 Å². The molecule has 1 unspecified atom stereocenters. The van der Waals surface area contributed by atoms with E-state index in [-0.39, 0.29) is 29.9 Å². The van der Waals surface area contributed by atoms with Gasteiger partial charge in [-0.15, -0.1) is 0 Å². The smallest absolute Gasteiger partial charge is 0.306 e. The van der Waals surface area contributed by atoms with Crippen LogP contribution in [-0.4, -0.2) is 52.7 Å². The number of fused-ring (bicyclic) bond motifs is 1. The van der Waals surface area contributed by atoms with Crippen LogP contribution in [0, 0.1) is 0 Å². The predicted octanol–water partition coefficient (Wildman–Crippen LogP) is 2.01. The summed E-state index contributed by atoms with van der Waals surface area (Å²) < 4.78 is 5.27. The largest absolute Gasteiger partial charge is 0.460 e. The number of piperidine rings is 1. The lowest BCUT2D eigenvalue weighted by molar-refractivity contribution is -0.155. The Bertz CT molecular complexity index is 934. The average Bonchev–Trinajstić information content (AvgIpc) is 2.91. The number of amides is 4. The van der Waals surface area contributed by atoms with Crippen molar-refractivity contribution in [2.24, 2.45) is 0 Å². The van der Waals surface area contributed by atoms with E-state index in [4.69, 9.17) is 4.74 Å². The molecule has 0 aliphatic carbocycles. The monoisotopic (exact) mass is 429 g/mol. The highest BCUT2D eigenvalue weighted by molar-refractivity contribution is 6.23. The van der Waals surface area contributed by atoms with Gasteiger partial charge in [-0.1, -0.05) is 0 Å². The Hall–Kier alpha value is -3.23. The highest BCUT2D eigenvalue weighted by atomic mass is 16.6. The molecule has 1 aromatic rings. The molecule has 2 heterocycles. The van der Waals surface area contributed by atoms with Gasteiger partial charge in [-0.25, -0.2) is 0 Å². The topological polar surface area (TPSA) is 122 Å². The molecular weight excluding hydrogens is 402 g/mol. The van der Waals surface area contributed by atoms with Gasteiger partial charge in [0.15, 0.2) is 0 Å². The SMILES string of the molecule is CC(C)(C)OC(=O)CCCCNc1ccc2c(c1)C(=O)N(C1CCC(=O)NC1=O)C2=O. The van der Waals surface area contributed by atoms with E-state index in [1.807, 2.05) is 20.8 Å². The summed E-state index contributed by atoms with van der Waals surface area (Å²) in [7, 11) is 0. The Labute approximate surface area is 180 Å². The van der Waals surface area contributed by atoms with E-state index in [0.717, 1.165) is 11.3 Å². The Morgan fingerprint density at radius 3 is 2.52 bits per heavy atom. The number of esters is 1. The first-order valence-electron chi connectivity index (χ1n) is 10.4. The Balaban J connectivity index is 1.55. The second-order valence-electron chi connectivity index (χ2n) is 8.68. The van der Waals surface area contributed by atoms with Crippen LogP contribution in [0.2, 0.25) is 0 Å². The molecule has 2 aliphatic rings. The third-order valence-corrected chi connectivity index (χ3v) is 5.00. The summed E-state index contributed by atoms with van der Waals surface area (Å²) in [5, 5.41) is 5.36. The minimum absolute atomic E-state index is 0.0832. The van der Waals surface area contributed by atoms with Gasteiger partial charge in [0.1, 0.15) is 11.6 Å². The molecule has 0 bridgehead atoms. The maximum absolute atomic E-state index is 12.8. The standard InChI is InChI=1S/C22H27N3O6/c1-22(2,3)31-18(27)6-4-5-11-23-13-7-8-14-15(12-13)21(30)25(20(14)29)16-9-10-17(26)24-19(16)28/h7-8,12,16,23H,4-6,9-11H2,1-3H3,(H,24,26,28). The summed E-state index contributed by atoms with van der Waals surface area (Å²) in [5.74, 6) is -2.34. The number of nitrogens with one attached hydrogen (secondary N) is 2. The molecule has 166 valence electrons. The number of imide groups is 2. The fourth-order valence-corrected chi connectivity index (χ4v) is 3.60. The maximum Gasteiger partial charge on any atom is 0.306 e. The van der Waals surface area contributed by atoms with Gasteiger partial charge in [-0.3, -0.25) is 34.2 Å². The minimum atomic E-state index is -0.977. The molecule has 1 fully saturated rings. The summed E-state index contributed by atoms with van der Waals surface area (Å²) in [5.41, 5.74) is 0.645. The molecule has 2 N–H and O–H groups in total. The third kappa shape index (κ3) is 5.28. The summed E-state index contributed by atoms with van der Waals surface area (Å²) >= 11 is 0. The van der Waals surface area contributed by atoms with E-state index in [1.165, 1.54) is 0 Å².